The van der Waals surface area contributed by atoms with Crippen LogP contribution >= 0.6 is 0 Å². The Bertz CT molecular complexity index is 1470. The molecule has 0 spiro atoms. The molecule has 4 aromatic rings. The lowest BCUT2D eigenvalue weighted by molar-refractivity contribution is 0.0526. The van der Waals surface area contributed by atoms with E-state index in [1.165, 1.54) is 19.2 Å². The number of carbonyl (C=O) groups excluding carboxylic acids is 1. The Morgan fingerprint density at radius 1 is 0.946 bits per heavy atom. The van der Waals surface area contributed by atoms with Crippen LogP contribution in [0.15, 0.2) is 89.8 Å². The molecule has 0 unspecified atom stereocenters. The first-order valence-electron chi connectivity index (χ1n) is 11.6. The molecule has 0 N–H and O–H groups in total. The van der Waals surface area contributed by atoms with Crippen molar-refractivity contribution in [2.24, 2.45) is 0 Å². The summed E-state index contributed by atoms with van der Waals surface area (Å²) in [5, 5.41) is 0.475. The molecule has 0 radical (unpaired) electrons. The summed E-state index contributed by atoms with van der Waals surface area (Å²) in [6.45, 7) is 3.50. The van der Waals surface area contributed by atoms with Crippen molar-refractivity contribution in [1.82, 2.24) is 4.98 Å². The Labute approximate surface area is 217 Å². The van der Waals surface area contributed by atoms with E-state index < -0.39 is 16.0 Å². The second kappa shape index (κ2) is 12.6. The molecule has 37 heavy (non-hydrogen) atoms. The van der Waals surface area contributed by atoms with E-state index in [-0.39, 0.29) is 35.0 Å². The molecule has 0 atom stereocenters. The molecule has 3 aromatic carbocycles. The Hall–Kier alpha value is -4.35. The maximum absolute atomic E-state index is 13.6. The zero-order chi connectivity index (χ0) is 26.8. The van der Waals surface area contributed by atoms with E-state index in [1.54, 1.807) is 50.2 Å². The number of aromatic nitrogens is 1. The number of sulfonamides is 1. The van der Waals surface area contributed by atoms with E-state index in [4.69, 9.17) is 15.9 Å². The molecule has 0 aliphatic rings. The number of pyridine rings is 1. The molecule has 0 fully saturated rings. The van der Waals surface area contributed by atoms with Crippen LogP contribution in [0.4, 0.5) is 5.69 Å². The number of hydrogen-bond donors (Lipinski definition) is 0. The fourth-order valence-corrected chi connectivity index (χ4v) is 5.17. The van der Waals surface area contributed by atoms with Crippen LogP contribution in [0.25, 0.3) is 10.9 Å². The quantitative estimate of drug-likeness (QED) is 0.245. The molecule has 1 heterocycles. The molecule has 0 saturated heterocycles. The third kappa shape index (κ3) is 6.08. The number of anilines is 1. The van der Waals surface area contributed by atoms with Crippen molar-refractivity contribution in [3.05, 3.63) is 96.2 Å². The molecule has 0 aliphatic heterocycles. The zero-order valence-electron chi connectivity index (χ0n) is 20.9. The van der Waals surface area contributed by atoms with Gasteiger partial charge in [0.15, 0.2) is 0 Å². The van der Waals surface area contributed by atoms with E-state index in [0.29, 0.717) is 16.7 Å². The van der Waals surface area contributed by atoms with Crippen LogP contribution in [-0.2, 0) is 14.8 Å². The second-order valence-corrected chi connectivity index (χ2v) is 9.43. The van der Waals surface area contributed by atoms with Crippen LogP contribution in [-0.4, -0.2) is 39.6 Å². The lowest BCUT2D eigenvalue weighted by Gasteiger charge is -2.26. The van der Waals surface area contributed by atoms with Gasteiger partial charge >= 0.3 is 5.97 Å². The number of hydrogen-bond acceptors (Lipinski definition) is 6. The van der Waals surface area contributed by atoms with E-state index in [2.05, 4.69) is 10.9 Å². The van der Waals surface area contributed by atoms with E-state index in [9.17, 15) is 13.2 Å². The number of ether oxygens (including phenoxy) is 2. The number of benzene rings is 3. The van der Waals surface area contributed by atoms with Crippen LogP contribution in [0.5, 0.6) is 5.75 Å². The molecular weight excluding hydrogens is 488 g/mol. The number of methoxy groups -OCH3 is 1. The average molecular weight is 517 g/mol. The second-order valence-electron chi connectivity index (χ2n) is 7.57. The van der Waals surface area contributed by atoms with E-state index in [0.717, 1.165) is 4.31 Å². The fourth-order valence-electron chi connectivity index (χ4n) is 3.66. The molecule has 0 aliphatic carbocycles. The Morgan fingerprint density at radius 3 is 2.05 bits per heavy atom. The van der Waals surface area contributed by atoms with Crippen molar-refractivity contribution in [1.29, 1.82) is 0 Å². The largest absolute Gasteiger partial charge is 0.497 e. The first-order valence-corrected chi connectivity index (χ1v) is 13.1. The van der Waals surface area contributed by atoms with Gasteiger partial charge in [-0.25, -0.2) is 18.2 Å². The highest BCUT2D eigenvalue weighted by Gasteiger charge is 2.32. The molecule has 0 saturated carbocycles. The van der Waals surface area contributed by atoms with Gasteiger partial charge in [0.25, 0.3) is 10.0 Å². The van der Waals surface area contributed by atoms with Gasteiger partial charge in [0.2, 0.25) is 0 Å². The summed E-state index contributed by atoms with van der Waals surface area (Å²) in [6, 6.07) is 24.9. The fraction of sp³-hybridized carbons (Fsp3) is 0.172. The maximum atomic E-state index is 13.6. The topological polar surface area (TPSA) is 85.8 Å². The SMILES string of the molecule is C#Cc1nc2ccccc2c(N(CC)S(=O)(=O)c2ccc(OC)cc2)c1C(=O)OCC.c1ccccc1. The zero-order valence-corrected chi connectivity index (χ0v) is 21.7. The molecular formula is C29H28N2O5S. The summed E-state index contributed by atoms with van der Waals surface area (Å²) < 4.78 is 38.7. The summed E-state index contributed by atoms with van der Waals surface area (Å²) in [5.41, 5.74) is 0.592. The molecule has 190 valence electrons. The van der Waals surface area contributed by atoms with Crippen LogP contribution in [0.2, 0.25) is 0 Å². The van der Waals surface area contributed by atoms with Crippen LogP contribution < -0.4 is 9.04 Å². The smallest absolute Gasteiger partial charge is 0.343 e. The van der Waals surface area contributed by atoms with Crippen molar-refractivity contribution in [2.45, 2.75) is 18.7 Å². The summed E-state index contributed by atoms with van der Waals surface area (Å²) in [4.78, 5) is 17.3. The first-order chi connectivity index (χ1) is 17.9. The molecule has 0 amide bonds. The predicted octanol–water partition coefficient (Wildman–Crippen LogP) is 5.30. The number of nitrogens with zero attached hydrogens (tertiary/aromatic N) is 2. The first kappa shape index (κ1) is 27.2. The highest BCUT2D eigenvalue weighted by molar-refractivity contribution is 7.92. The summed E-state index contributed by atoms with van der Waals surface area (Å²) >= 11 is 0. The molecule has 0 bridgehead atoms. The monoisotopic (exact) mass is 516 g/mol. The Balaban J connectivity index is 0.000000555. The highest BCUT2D eigenvalue weighted by Crippen LogP contribution is 2.36. The summed E-state index contributed by atoms with van der Waals surface area (Å²) in [6.07, 6.45) is 5.64. The summed E-state index contributed by atoms with van der Waals surface area (Å²) in [7, 11) is -2.54. The van der Waals surface area contributed by atoms with Gasteiger partial charge in [-0.15, -0.1) is 6.42 Å². The number of esters is 1. The van der Waals surface area contributed by atoms with Crippen molar-refractivity contribution < 1.29 is 22.7 Å². The molecule has 4 rings (SSSR count). The Kier molecular flexibility index (Phi) is 9.25. The minimum atomic E-state index is -4.04. The van der Waals surface area contributed by atoms with Crippen molar-refractivity contribution in [3.63, 3.8) is 0 Å². The predicted molar refractivity (Wildman–Crippen MR) is 145 cm³/mol. The van der Waals surface area contributed by atoms with Gasteiger partial charge in [-0.05, 0) is 50.1 Å². The normalized spacial score (nSPS) is 10.5. The molecule has 7 nitrogen and oxygen atoms in total. The van der Waals surface area contributed by atoms with Crippen molar-refractivity contribution >= 4 is 32.6 Å². The average Bonchev–Trinajstić information content (AvgIpc) is 2.94. The van der Waals surface area contributed by atoms with Gasteiger partial charge in [-0.3, -0.25) is 4.31 Å². The van der Waals surface area contributed by atoms with Gasteiger partial charge in [0.1, 0.15) is 17.0 Å². The van der Waals surface area contributed by atoms with E-state index in [1.807, 2.05) is 36.4 Å². The van der Waals surface area contributed by atoms with Crippen LogP contribution in [0.1, 0.15) is 29.9 Å². The van der Waals surface area contributed by atoms with Crippen molar-refractivity contribution in [3.8, 4) is 18.1 Å². The molecule has 8 heteroatoms. The van der Waals surface area contributed by atoms with Crippen LogP contribution in [0, 0.1) is 12.3 Å². The van der Waals surface area contributed by atoms with Crippen LogP contribution in [0.3, 0.4) is 0 Å². The van der Waals surface area contributed by atoms with E-state index >= 15 is 0 Å². The minimum absolute atomic E-state index is 0.0236. The molecule has 1 aromatic heterocycles. The lowest BCUT2D eigenvalue weighted by Crippen LogP contribution is -2.33. The summed E-state index contributed by atoms with van der Waals surface area (Å²) in [5.74, 6) is 2.20. The van der Waals surface area contributed by atoms with Gasteiger partial charge in [-0.2, -0.15) is 0 Å². The number of rotatable bonds is 7. The van der Waals surface area contributed by atoms with Crippen molar-refractivity contribution in [2.75, 3.05) is 24.6 Å². The Morgan fingerprint density at radius 2 is 1.54 bits per heavy atom. The maximum Gasteiger partial charge on any atom is 0.343 e. The number of carbonyl (C=O) groups is 1. The van der Waals surface area contributed by atoms with Gasteiger partial charge in [0, 0.05) is 11.9 Å². The number of terminal acetylenes is 1. The minimum Gasteiger partial charge on any atom is -0.497 e. The van der Waals surface area contributed by atoms with Gasteiger partial charge in [-0.1, -0.05) is 54.6 Å². The highest BCUT2D eigenvalue weighted by atomic mass is 32.2. The van der Waals surface area contributed by atoms with Gasteiger partial charge in [0.05, 0.1) is 29.8 Å². The third-order valence-electron chi connectivity index (χ3n) is 5.33. The lowest BCUT2D eigenvalue weighted by atomic mass is 10.1. The third-order valence-corrected chi connectivity index (χ3v) is 7.22. The van der Waals surface area contributed by atoms with Gasteiger partial charge < -0.3 is 9.47 Å². The standard InChI is InChI=1S/C23H22N2O5S.C6H6/c1-5-19-21(23(26)30-7-3)22(18-10-8-9-11-20(18)24-19)25(6-2)31(27,28)17-14-12-16(29-4)13-15-17;1-2-4-6-5-3-1/h1,8-15H,6-7H2,2-4H3;1-6H. The number of fused-ring (bicyclic) bond motifs is 1. The number of para-hydroxylation sites is 1.